The zero-order valence-electron chi connectivity index (χ0n) is 12.0. The van der Waals surface area contributed by atoms with E-state index in [1.54, 1.807) is 0 Å². The molecule has 110 valence electrons. The van der Waals surface area contributed by atoms with Crippen molar-refractivity contribution in [2.24, 2.45) is 5.73 Å². The fourth-order valence-corrected chi connectivity index (χ4v) is 2.71. The maximum absolute atomic E-state index is 5.84. The number of piperazine rings is 1. The SMILES string of the molecule is CC(C)(C(N)=S)N1CCN(Cc2ccc(Br)cn2)CC1. The maximum Gasteiger partial charge on any atom is 0.0928 e. The molecule has 0 aromatic carbocycles. The summed E-state index contributed by atoms with van der Waals surface area (Å²) in [7, 11) is 0. The minimum atomic E-state index is -0.197. The van der Waals surface area contributed by atoms with Gasteiger partial charge in [-0.05, 0) is 41.9 Å². The van der Waals surface area contributed by atoms with Gasteiger partial charge in [0.25, 0.3) is 0 Å². The van der Waals surface area contributed by atoms with Gasteiger partial charge in [0.05, 0.1) is 16.2 Å². The molecule has 0 aliphatic carbocycles. The van der Waals surface area contributed by atoms with E-state index in [9.17, 15) is 0 Å². The summed E-state index contributed by atoms with van der Waals surface area (Å²) in [6.07, 6.45) is 1.85. The predicted octanol–water partition coefficient (Wildman–Crippen LogP) is 2.03. The summed E-state index contributed by atoms with van der Waals surface area (Å²) in [4.78, 5) is 9.78. The van der Waals surface area contributed by atoms with Crippen molar-refractivity contribution in [1.29, 1.82) is 0 Å². The van der Waals surface area contributed by atoms with Crippen molar-refractivity contribution in [2.75, 3.05) is 26.2 Å². The average molecular weight is 357 g/mol. The van der Waals surface area contributed by atoms with Crippen molar-refractivity contribution in [3.05, 3.63) is 28.5 Å². The molecule has 1 saturated heterocycles. The van der Waals surface area contributed by atoms with Gasteiger partial charge in [-0.3, -0.25) is 14.8 Å². The van der Waals surface area contributed by atoms with Crippen molar-refractivity contribution in [3.63, 3.8) is 0 Å². The molecule has 1 aromatic heterocycles. The molecule has 2 N–H and O–H groups in total. The van der Waals surface area contributed by atoms with Crippen LogP contribution in [-0.4, -0.2) is 51.5 Å². The maximum atomic E-state index is 5.84. The molecule has 0 radical (unpaired) electrons. The first kappa shape index (κ1) is 15.8. The van der Waals surface area contributed by atoms with E-state index in [4.69, 9.17) is 18.0 Å². The number of thiocarbonyl (C=S) groups is 1. The van der Waals surface area contributed by atoms with Gasteiger partial charge in [0.1, 0.15) is 0 Å². The highest BCUT2D eigenvalue weighted by atomic mass is 79.9. The molecule has 1 aromatic rings. The van der Waals surface area contributed by atoms with Crippen LogP contribution >= 0.6 is 28.1 Å². The van der Waals surface area contributed by atoms with Crippen molar-refractivity contribution in [2.45, 2.75) is 25.9 Å². The number of hydrogen-bond acceptors (Lipinski definition) is 4. The van der Waals surface area contributed by atoms with E-state index in [1.165, 1.54) is 0 Å². The van der Waals surface area contributed by atoms with E-state index in [-0.39, 0.29) is 5.54 Å². The van der Waals surface area contributed by atoms with Gasteiger partial charge in [0.15, 0.2) is 0 Å². The third kappa shape index (κ3) is 3.75. The normalized spacial score (nSPS) is 18.1. The number of pyridine rings is 1. The Morgan fingerprint density at radius 1 is 1.35 bits per heavy atom. The van der Waals surface area contributed by atoms with Gasteiger partial charge in [0.2, 0.25) is 0 Å². The number of halogens is 1. The molecule has 20 heavy (non-hydrogen) atoms. The topological polar surface area (TPSA) is 45.4 Å². The quantitative estimate of drug-likeness (QED) is 0.836. The molecule has 6 heteroatoms. The number of rotatable bonds is 4. The highest BCUT2D eigenvalue weighted by Crippen LogP contribution is 2.18. The summed E-state index contributed by atoms with van der Waals surface area (Å²) >= 11 is 8.57. The third-order valence-corrected chi connectivity index (χ3v) is 4.91. The Bertz CT molecular complexity index is 467. The Morgan fingerprint density at radius 3 is 2.50 bits per heavy atom. The van der Waals surface area contributed by atoms with Crippen LogP contribution in [0.25, 0.3) is 0 Å². The standard InChI is InChI=1S/C14H21BrN4S/c1-14(2,13(16)20)19-7-5-18(6-8-19)10-12-4-3-11(15)9-17-12/h3-4,9H,5-8,10H2,1-2H3,(H2,16,20). The van der Waals surface area contributed by atoms with Crippen molar-refractivity contribution in [3.8, 4) is 0 Å². The Hall–Kier alpha value is -0.560. The molecule has 0 spiro atoms. The molecule has 0 unspecified atom stereocenters. The van der Waals surface area contributed by atoms with Crippen LogP contribution in [0.15, 0.2) is 22.8 Å². The fraction of sp³-hybridized carbons (Fsp3) is 0.571. The van der Waals surface area contributed by atoms with Crippen LogP contribution in [-0.2, 0) is 6.54 Å². The highest BCUT2D eigenvalue weighted by Gasteiger charge is 2.32. The van der Waals surface area contributed by atoms with Gasteiger partial charge in [-0.25, -0.2) is 0 Å². The lowest BCUT2D eigenvalue weighted by molar-refractivity contribution is 0.0814. The summed E-state index contributed by atoms with van der Waals surface area (Å²) in [5.74, 6) is 0. The van der Waals surface area contributed by atoms with Crippen LogP contribution in [0.4, 0.5) is 0 Å². The number of hydrogen-bond donors (Lipinski definition) is 1. The summed E-state index contributed by atoms with van der Waals surface area (Å²) < 4.78 is 1.02. The average Bonchev–Trinajstić information content (AvgIpc) is 2.42. The van der Waals surface area contributed by atoms with Gasteiger partial charge >= 0.3 is 0 Å². The van der Waals surface area contributed by atoms with Crippen molar-refractivity contribution in [1.82, 2.24) is 14.8 Å². The Balaban J connectivity index is 1.88. The molecule has 4 nitrogen and oxygen atoms in total. The summed E-state index contributed by atoms with van der Waals surface area (Å²) in [5, 5.41) is 0. The lowest BCUT2D eigenvalue weighted by Crippen LogP contribution is -2.59. The predicted molar refractivity (Wildman–Crippen MR) is 89.7 cm³/mol. The number of aromatic nitrogens is 1. The Morgan fingerprint density at radius 2 is 2.00 bits per heavy atom. The van der Waals surface area contributed by atoms with Crippen LogP contribution in [0, 0.1) is 0 Å². The smallest absolute Gasteiger partial charge is 0.0928 e. The van der Waals surface area contributed by atoms with Gasteiger partial charge in [-0.1, -0.05) is 12.2 Å². The third-order valence-electron chi connectivity index (χ3n) is 3.94. The van der Waals surface area contributed by atoms with Gasteiger partial charge < -0.3 is 5.73 Å². The second-order valence-corrected chi connectivity index (χ2v) is 7.01. The van der Waals surface area contributed by atoms with Gasteiger partial charge in [-0.15, -0.1) is 0 Å². The van der Waals surface area contributed by atoms with E-state index in [1.807, 2.05) is 12.3 Å². The molecule has 0 amide bonds. The first-order valence-electron chi connectivity index (χ1n) is 6.77. The van der Waals surface area contributed by atoms with E-state index in [2.05, 4.69) is 50.6 Å². The van der Waals surface area contributed by atoms with E-state index < -0.39 is 0 Å². The monoisotopic (exact) mass is 356 g/mol. The summed E-state index contributed by atoms with van der Waals surface area (Å²) in [5.41, 5.74) is 6.74. The van der Waals surface area contributed by atoms with E-state index in [0.29, 0.717) is 4.99 Å². The van der Waals surface area contributed by atoms with E-state index in [0.717, 1.165) is 42.9 Å². The molecule has 2 rings (SSSR count). The molecule has 2 heterocycles. The molecule has 0 saturated carbocycles. The molecule has 0 bridgehead atoms. The first-order valence-corrected chi connectivity index (χ1v) is 7.97. The summed E-state index contributed by atoms with van der Waals surface area (Å²) in [6, 6.07) is 4.10. The lowest BCUT2D eigenvalue weighted by atomic mass is 10.0. The number of nitrogens with two attached hydrogens (primary N) is 1. The lowest BCUT2D eigenvalue weighted by Gasteiger charge is -2.43. The zero-order valence-corrected chi connectivity index (χ0v) is 14.4. The number of nitrogens with zero attached hydrogens (tertiary/aromatic N) is 3. The van der Waals surface area contributed by atoms with E-state index >= 15 is 0 Å². The highest BCUT2D eigenvalue weighted by molar-refractivity contribution is 9.10. The van der Waals surface area contributed by atoms with Crippen LogP contribution in [0.1, 0.15) is 19.5 Å². The largest absolute Gasteiger partial charge is 0.392 e. The first-order chi connectivity index (χ1) is 9.39. The Kier molecular flexibility index (Phi) is 5.12. The fourth-order valence-electron chi connectivity index (χ4n) is 2.35. The van der Waals surface area contributed by atoms with Crippen LogP contribution in [0.3, 0.4) is 0 Å². The minimum Gasteiger partial charge on any atom is -0.392 e. The molecule has 1 aliphatic rings. The van der Waals surface area contributed by atoms with Crippen LogP contribution in [0.5, 0.6) is 0 Å². The molecular formula is C14H21BrN4S. The second-order valence-electron chi connectivity index (χ2n) is 5.65. The Labute approximate surface area is 134 Å². The van der Waals surface area contributed by atoms with Crippen LogP contribution in [0.2, 0.25) is 0 Å². The molecule has 0 atom stereocenters. The minimum absolute atomic E-state index is 0.197. The molecular weight excluding hydrogens is 336 g/mol. The summed E-state index contributed by atoms with van der Waals surface area (Å²) in [6.45, 7) is 9.10. The van der Waals surface area contributed by atoms with Crippen LogP contribution < -0.4 is 5.73 Å². The zero-order chi connectivity index (χ0) is 14.8. The second kappa shape index (κ2) is 6.47. The molecule has 1 aliphatic heterocycles. The van der Waals surface area contributed by atoms with Crippen molar-refractivity contribution < 1.29 is 0 Å². The van der Waals surface area contributed by atoms with Gasteiger partial charge in [0, 0.05) is 43.4 Å². The molecule has 1 fully saturated rings. The van der Waals surface area contributed by atoms with Gasteiger partial charge in [-0.2, -0.15) is 0 Å². The van der Waals surface area contributed by atoms with Crippen molar-refractivity contribution >= 4 is 33.1 Å².